The molecule has 0 spiro atoms. The van der Waals surface area contributed by atoms with Crippen molar-refractivity contribution in [3.05, 3.63) is 55.1 Å². The highest BCUT2D eigenvalue weighted by Crippen LogP contribution is 2.30. The summed E-state index contributed by atoms with van der Waals surface area (Å²) in [5.74, 6) is 0.00341. The van der Waals surface area contributed by atoms with E-state index in [1.54, 1.807) is 23.8 Å². The van der Waals surface area contributed by atoms with Crippen LogP contribution in [0.25, 0.3) is 10.2 Å². The highest BCUT2D eigenvalue weighted by molar-refractivity contribution is 9.10. The van der Waals surface area contributed by atoms with Crippen molar-refractivity contribution in [2.24, 2.45) is 0 Å². The lowest BCUT2D eigenvalue weighted by Gasteiger charge is -2.15. The van der Waals surface area contributed by atoms with Crippen molar-refractivity contribution in [1.82, 2.24) is 9.55 Å². The summed E-state index contributed by atoms with van der Waals surface area (Å²) in [5.41, 5.74) is 1.53. The molecule has 1 aromatic carbocycles. The van der Waals surface area contributed by atoms with Crippen LogP contribution in [0.3, 0.4) is 0 Å². The van der Waals surface area contributed by atoms with Crippen molar-refractivity contribution in [3.8, 4) is 0 Å². The number of hydrogen-bond acceptors (Lipinski definition) is 6. The number of carbonyl (C=O) groups excluding carboxylic acids is 1. The number of benzene rings is 1. The van der Waals surface area contributed by atoms with Gasteiger partial charge in [-0.3, -0.25) is 14.2 Å². The van der Waals surface area contributed by atoms with Crippen LogP contribution in [0.15, 0.2) is 38.7 Å². The number of halogens is 1. The van der Waals surface area contributed by atoms with Crippen LogP contribution in [0.5, 0.6) is 0 Å². The Balaban J connectivity index is 1.99. The average molecular weight is 481 g/mol. The molecule has 5 nitrogen and oxygen atoms in total. The zero-order valence-corrected chi connectivity index (χ0v) is 19.3. The predicted octanol–water partition coefficient (Wildman–Crippen LogP) is 4.85. The van der Waals surface area contributed by atoms with E-state index in [1.807, 2.05) is 32.9 Å². The van der Waals surface area contributed by atoms with Crippen LogP contribution in [0.1, 0.15) is 27.7 Å². The van der Waals surface area contributed by atoms with Gasteiger partial charge < -0.3 is 4.74 Å². The van der Waals surface area contributed by atoms with Crippen LogP contribution in [-0.4, -0.2) is 34.3 Å². The van der Waals surface area contributed by atoms with Crippen molar-refractivity contribution in [2.75, 3.05) is 13.7 Å². The quantitative estimate of drug-likeness (QED) is 0.274. The molecular weight excluding hydrogens is 460 g/mol. The molecule has 0 fully saturated rings. The van der Waals surface area contributed by atoms with Gasteiger partial charge in [0.2, 0.25) is 0 Å². The van der Waals surface area contributed by atoms with Gasteiger partial charge in [-0.1, -0.05) is 39.8 Å². The number of aromatic nitrogens is 2. The first-order valence-corrected chi connectivity index (χ1v) is 11.3. The zero-order valence-electron chi connectivity index (χ0n) is 16.1. The number of nitrogens with zero attached hydrogens (tertiary/aromatic N) is 2. The molecule has 0 aliphatic rings. The summed E-state index contributed by atoms with van der Waals surface area (Å²) in [6.07, 6.45) is 0. The standard InChI is InChI=1S/C20H21BrN2O3S2/c1-11-12(2)27-18-16(11)19(25)23(9-10-26-4)20(22-18)28-13(3)17(24)14-5-7-15(21)8-6-14/h5-8,13H,9-10H2,1-4H3/t13-/m0/s1. The summed E-state index contributed by atoms with van der Waals surface area (Å²) in [6.45, 7) is 6.58. The molecule has 2 heterocycles. The molecule has 2 aromatic heterocycles. The molecule has 0 N–H and O–H groups in total. The summed E-state index contributed by atoms with van der Waals surface area (Å²) >= 11 is 6.21. The Morgan fingerprint density at radius 1 is 1.32 bits per heavy atom. The van der Waals surface area contributed by atoms with E-state index in [2.05, 4.69) is 15.9 Å². The summed E-state index contributed by atoms with van der Waals surface area (Å²) in [4.78, 5) is 32.5. The van der Waals surface area contributed by atoms with E-state index in [1.165, 1.54) is 23.1 Å². The van der Waals surface area contributed by atoms with Crippen LogP contribution in [-0.2, 0) is 11.3 Å². The Hall–Kier alpha value is -1.48. The van der Waals surface area contributed by atoms with Gasteiger partial charge in [0.05, 0.1) is 23.8 Å². The minimum Gasteiger partial charge on any atom is -0.383 e. The minimum atomic E-state index is -0.374. The van der Waals surface area contributed by atoms with Crippen molar-refractivity contribution in [1.29, 1.82) is 0 Å². The summed E-state index contributed by atoms with van der Waals surface area (Å²) < 4.78 is 7.72. The SMILES string of the molecule is COCCn1c(S[C@@H](C)C(=O)c2ccc(Br)cc2)nc2sc(C)c(C)c2c1=O. The van der Waals surface area contributed by atoms with Gasteiger partial charge in [-0.15, -0.1) is 11.3 Å². The van der Waals surface area contributed by atoms with E-state index < -0.39 is 0 Å². The number of ketones is 1. The number of Topliss-reactive ketones (excluding diaryl/α,β-unsaturated/α-hetero) is 1. The van der Waals surface area contributed by atoms with E-state index in [0.717, 1.165) is 19.7 Å². The van der Waals surface area contributed by atoms with Crippen LogP contribution in [0, 0.1) is 13.8 Å². The Bertz CT molecular complexity index is 1070. The van der Waals surface area contributed by atoms with E-state index in [4.69, 9.17) is 9.72 Å². The number of fused-ring (bicyclic) bond motifs is 1. The third-order valence-electron chi connectivity index (χ3n) is 4.55. The molecule has 0 saturated heterocycles. The Kier molecular flexibility index (Phi) is 6.75. The first-order chi connectivity index (χ1) is 13.3. The maximum Gasteiger partial charge on any atom is 0.263 e. The summed E-state index contributed by atoms with van der Waals surface area (Å²) in [6, 6.07) is 7.29. The first kappa shape index (κ1) is 21.2. The number of ether oxygens (including phenoxy) is 1. The van der Waals surface area contributed by atoms with E-state index >= 15 is 0 Å². The van der Waals surface area contributed by atoms with E-state index in [-0.39, 0.29) is 16.6 Å². The third kappa shape index (κ3) is 4.25. The van der Waals surface area contributed by atoms with E-state index in [0.29, 0.717) is 29.3 Å². The number of thiophene rings is 1. The van der Waals surface area contributed by atoms with Crippen molar-refractivity contribution in [2.45, 2.75) is 37.7 Å². The molecule has 0 amide bonds. The molecule has 0 bridgehead atoms. The van der Waals surface area contributed by atoms with Gasteiger partial charge in [0, 0.05) is 22.0 Å². The second-order valence-electron chi connectivity index (χ2n) is 6.44. The van der Waals surface area contributed by atoms with Gasteiger partial charge in [-0.2, -0.15) is 0 Å². The second-order valence-corrected chi connectivity index (χ2v) is 9.87. The van der Waals surface area contributed by atoms with Gasteiger partial charge in [0.15, 0.2) is 10.9 Å². The number of rotatable bonds is 7. The third-order valence-corrected chi connectivity index (χ3v) is 7.27. The smallest absolute Gasteiger partial charge is 0.263 e. The molecule has 148 valence electrons. The summed E-state index contributed by atoms with van der Waals surface area (Å²) in [7, 11) is 1.60. The van der Waals surface area contributed by atoms with Crippen LogP contribution >= 0.6 is 39.0 Å². The lowest BCUT2D eigenvalue weighted by atomic mass is 10.1. The Morgan fingerprint density at radius 3 is 2.64 bits per heavy atom. The molecule has 3 rings (SSSR count). The topological polar surface area (TPSA) is 61.2 Å². The molecule has 8 heteroatoms. The number of methoxy groups -OCH3 is 1. The normalized spacial score (nSPS) is 12.5. The zero-order chi connectivity index (χ0) is 20.4. The Morgan fingerprint density at radius 2 is 2.00 bits per heavy atom. The molecule has 0 aliphatic carbocycles. The fourth-order valence-corrected chi connectivity index (χ4v) is 5.19. The van der Waals surface area contributed by atoms with Gasteiger partial charge in [-0.25, -0.2) is 4.98 Å². The fourth-order valence-electron chi connectivity index (χ4n) is 2.84. The monoisotopic (exact) mass is 480 g/mol. The predicted molar refractivity (Wildman–Crippen MR) is 119 cm³/mol. The summed E-state index contributed by atoms with van der Waals surface area (Å²) in [5, 5.41) is 0.838. The number of carbonyl (C=O) groups is 1. The molecule has 0 aliphatic heterocycles. The van der Waals surface area contributed by atoms with Gasteiger partial charge in [0.1, 0.15) is 4.83 Å². The highest BCUT2D eigenvalue weighted by Gasteiger charge is 2.22. The van der Waals surface area contributed by atoms with Crippen LogP contribution in [0.2, 0.25) is 0 Å². The van der Waals surface area contributed by atoms with Crippen LogP contribution in [0.4, 0.5) is 0 Å². The van der Waals surface area contributed by atoms with Gasteiger partial charge in [0.25, 0.3) is 5.56 Å². The van der Waals surface area contributed by atoms with Crippen molar-refractivity contribution in [3.63, 3.8) is 0 Å². The lowest BCUT2D eigenvalue weighted by Crippen LogP contribution is -2.26. The Labute approximate surface area is 180 Å². The van der Waals surface area contributed by atoms with Crippen molar-refractivity contribution < 1.29 is 9.53 Å². The maximum absolute atomic E-state index is 13.1. The number of thioether (sulfide) groups is 1. The average Bonchev–Trinajstić information content (AvgIpc) is 2.95. The van der Waals surface area contributed by atoms with Crippen LogP contribution < -0.4 is 5.56 Å². The minimum absolute atomic E-state index is 0.00341. The van der Waals surface area contributed by atoms with E-state index in [9.17, 15) is 9.59 Å². The maximum atomic E-state index is 13.1. The lowest BCUT2D eigenvalue weighted by molar-refractivity contribution is 0.0994. The molecule has 1 atom stereocenters. The van der Waals surface area contributed by atoms with Gasteiger partial charge >= 0.3 is 0 Å². The fraction of sp³-hybridized carbons (Fsp3) is 0.350. The first-order valence-electron chi connectivity index (χ1n) is 8.79. The second kappa shape index (κ2) is 8.90. The van der Waals surface area contributed by atoms with Crippen molar-refractivity contribution >= 4 is 55.0 Å². The molecular formula is C20H21BrN2O3S2. The van der Waals surface area contributed by atoms with Gasteiger partial charge in [-0.05, 0) is 38.5 Å². The molecule has 0 radical (unpaired) electrons. The number of hydrogen-bond donors (Lipinski definition) is 0. The number of aryl methyl sites for hydroxylation is 2. The highest BCUT2D eigenvalue weighted by atomic mass is 79.9. The molecule has 3 aromatic rings. The molecule has 0 unspecified atom stereocenters. The molecule has 0 saturated carbocycles. The largest absolute Gasteiger partial charge is 0.383 e. The molecule has 28 heavy (non-hydrogen) atoms.